The molecule has 2 aromatic rings. The Bertz CT molecular complexity index is 881. The van der Waals surface area contributed by atoms with Crippen molar-refractivity contribution in [3.63, 3.8) is 0 Å². The van der Waals surface area contributed by atoms with Gasteiger partial charge in [0.25, 0.3) is 0 Å². The van der Waals surface area contributed by atoms with Crippen LogP contribution in [-0.2, 0) is 11.2 Å². The number of aromatic hydroxyl groups is 3. The molecule has 0 saturated carbocycles. The molecule has 30 heavy (non-hydrogen) atoms. The van der Waals surface area contributed by atoms with Crippen molar-refractivity contribution in [2.75, 3.05) is 6.61 Å². The molecule has 9 nitrogen and oxygen atoms in total. The molecule has 1 heterocycles. The number of hydrogen-bond donors (Lipinski definition) is 6. The molecule has 1 aliphatic rings. The second-order valence-electron chi connectivity index (χ2n) is 7.13. The van der Waals surface area contributed by atoms with Crippen LogP contribution in [0.3, 0.4) is 0 Å². The third-order valence-corrected chi connectivity index (χ3v) is 4.90. The van der Waals surface area contributed by atoms with Gasteiger partial charge in [-0.1, -0.05) is 12.1 Å². The molecule has 0 spiro atoms. The minimum absolute atomic E-state index is 0.0194. The van der Waals surface area contributed by atoms with Crippen molar-refractivity contribution in [1.82, 2.24) is 0 Å². The van der Waals surface area contributed by atoms with Crippen LogP contribution < -0.4 is 4.74 Å². The Labute approximate surface area is 172 Å². The number of hydrogen-bond acceptors (Lipinski definition) is 9. The first-order valence-electron chi connectivity index (χ1n) is 9.44. The summed E-state index contributed by atoms with van der Waals surface area (Å²) in [5, 5.41) is 58.4. The van der Waals surface area contributed by atoms with Crippen molar-refractivity contribution in [3.05, 3.63) is 47.5 Å². The van der Waals surface area contributed by atoms with Crippen molar-refractivity contribution < 1.29 is 44.9 Å². The number of phenolic OH excluding ortho intramolecular Hbond substituents is 3. The number of aliphatic hydroxyl groups excluding tert-OH is 3. The van der Waals surface area contributed by atoms with Crippen LogP contribution in [0.4, 0.5) is 0 Å². The Kier molecular flexibility index (Phi) is 6.78. The normalized spacial score (nSPS) is 23.8. The maximum atomic E-state index is 12.8. The molecule has 1 saturated heterocycles. The number of ether oxygens (including phenoxy) is 2. The lowest BCUT2D eigenvalue weighted by molar-refractivity contribution is -0.230. The fourth-order valence-electron chi connectivity index (χ4n) is 3.29. The molecule has 2 unspecified atom stereocenters. The van der Waals surface area contributed by atoms with E-state index in [4.69, 9.17) is 9.47 Å². The van der Waals surface area contributed by atoms with E-state index in [0.29, 0.717) is 6.42 Å². The van der Waals surface area contributed by atoms with Gasteiger partial charge in [-0.3, -0.25) is 4.79 Å². The van der Waals surface area contributed by atoms with Crippen molar-refractivity contribution in [3.8, 4) is 23.0 Å². The highest BCUT2D eigenvalue weighted by Gasteiger charge is 2.38. The zero-order chi connectivity index (χ0) is 21.8. The van der Waals surface area contributed by atoms with Gasteiger partial charge in [-0.2, -0.15) is 0 Å². The van der Waals surface area contributed by atoms with Crippen LogP contribution in [0.2, 0.25) is 0 Å². The molecule has 1 aliphatic heterocycles. The van der Waals surface area contributed by atoms with E-state index in [1.54, 1.807) is 12.1 Å². The highest BCUT2D eigenvalue weighted by Crippen LogP contribution is 2.36. The fraction of sp³-hybridized carbons (Fsp3) is 0.381. The molecule has 162 valence electrons. The molecule has 0 aromatic heterocycles. The number of ketones is 1. The third kappa shape index (κ3) is 5.00. The lowest BCUT2D eigenvalue weighted by atomic mass is 10.00. The molecule has 9 heteroatoms. The van der Waals surface area contributed by atoms with E-state index in [1.807, 2.05) is 0 Å². The molecule has 4 atom stereocenters. The Morgan fingerprint density at radius 3 is 2.43 bits per heavy atom. The van der Waals surface area contributed by atoms with Gasteiger partial charge in [-0.25, -0.2) is 0 Å². The first kappa shape index (κ1) is 21.8. The molecule has 1 fully saturated rings. The van der Waals surface area contributed by atoms with Gasteiger partial charge in [0, 0.05) is 25.0 Å². The van der Waals surface area contributed by atoms with Gasteiger partial charge in [0.2, 0.25) is 6.29 Å². The smallest absolute Gasteiger partial charge is 0.202 e. The standard InChI is InChI=1S/C21H24O9/c22-10-18-21(28)16(27)9-19(30-18)29-17-8-13(24)7-15(26)20(17)14(25)6-3-11-1-4-12(23)5-2-11/h1-2,4-5,7-8,16,18-19,21-24,26-28H,3,6,9-10H2/t16-,18?,19?,21+/m1/s1. The number of aliphatic hydroxyl groups is 3. The molecule has 6 N–H and O–H groups in total. The lowest BCUT2D eigenvalue weighted by Gasteiger charge is -2.36. The lowest BCUT2D eigenvalue weighted by Crippen LogP contribution is -2.51. The summed E-state index contributed by atoms with van der Waals surface area (Å²) in [6, 6.07) is 8.51. The van der Waals surface area contributed by atoms with Crippen LogP contribution in [0, 0.1) is 0 Å². The first-order valence-corrected chi connectivity index (χ1v) is 9.44. The topological polar surface area (TPSA) is 157 Å². The van der Waals surface area contributed by atoms with E-state index in [-0.39, 0.29) is 35.7 Å². The molecular weight excluding hydrogens is 396 g/mol. The number of carbonyl (C=O) groups is 1. The van der Waals surface area contributed by atoms with Crippen LogP contribution in [0.5, 0.6) is 23.0 Å². The predicted molar refractivity (Wildman–Crippen MR) is 104 cm³/mol. The zero-order valence-corrected chi connectivity index (χ0v) is 16.0. The van der Waals surface area contributed by atoms with E-state index in [0.717, 1.165) is 17.7 Å². The summed E-state index contributed by atoms with van der Waals surface area (Å²) >= 11 is 0. The summed E-state index contributed by atoms with van der Waals surface area (Å²) in [7, 11) is 0. The second-order valence-corrected chi connectivity index (χ2v) is 7.13. The molecule has 3 rings (SSSR count). The van der Waals surface area contributed by atoms with Gasteiger partial charge >= 0.3 is 0 Å². The van der Waals surface area contributed by atoms with Crippen LogP contribution in [-0.4, -0.2) is 67.6 Å². The average Bonchev–Trinajstić information content (AvgIpc) is 2.69. The number of Topliss-reactive ketones (excluding diaryl/α,β-unsaturated/α-hetero) is 1. The summed E-state index contributed by atoms with van der Waals surface area (Å²) in [5.41, 5.74) is 0.650. The maximum absolute atomic E-state index is 12.8. The number of benzene rings is 2. The monoisotopic (exact) mass is 420 g/mol. The quantitative estimate of drug-likeness (QED) is 0.357. The van der Waals surface area contributed by atoms with E-state index in [1.165, 1.54) is 12.1 Å². The molecule has 0 radical (unpaired) electrons. The van der Waals surface area contributed by atoms with Crippen molar-refractivity contribution in [2.24, 2.45) is 0 Å². The van der Waals surface area contributed by atoms with Crippen LogP contribution >= 0.6 is 0 Å². The second kappa shape index (κ2) is 9.31. The molecule has 0 bridgehead atoms. The SMILES string of the molecule is O=C(CCc1ccc(O)cc1)c1c(O)cc(O)cc1OC1C[C@@H](O)[C@H](O)C(CO)O1. The summed E-state index contributed by atoms with van der Waals surface area (Å²) in [6.07, 6.45) is -4.50. The largest absolute Gasteiger partial charge is 0.508 e. The van der Waals surface area contributed by atoms with Gasteiger partial charge in [-0.15, -0.1) is 0 Å². The Hall–Kier alpha value is -2.85. The predicted octanol–water partition coefficient (Wildman–Crippen LogP) is 0.827. The highest BCUT2D eigenvalue weighted by molar-refractivity contribution is 6.01. The molecular formula is C21H24O9. The van der Waals surface area contributed by atoms with Gasteiger partial charge in [-0.05, 0) is 24.1 Å². The fourth-order valence-corrected chi connectivity index (χ4v) is 3.29. The number of phenols is 3. The average molecular weight is 420 g/mol. The molecule has 0 amide bonds. The van der Waals surface area contributed by atoms with Crippen LogP contribution in [0.15, 0.2) is 36.4 Å². The maximum Gasteiger partial charge on any atom is 0.202 e. The zero-order valence-electron chi connectivity index (χ0n) is 16.0. The van der Waals surface area contributed by atoms with Gasteiger partial charge in [0.15, 0.2) is 5.78 Å². The third-order valence-electron chi connectivity index (χ3n) is 4.90. The minimum atomic E-state index is -1.29. The van der Waals surface area contributed by atoms with E-state index in [2.05, 4.69) is 0 Å². The highest BCUT2D eigenvalue weighted by atomic mass is 16.7. The van der Waals surface area contributed by atoms with Crippen LogP contribution in [0.1, 0.15) is 28.8 Å². The van der Waals surface area contributed by atoms with Gasteiger partial charge in [0.1, 0.15) is 40.8 Å². The van der Waals surface area contributed by atoms with Gasteiger partial charge in [0.05, 0.1) is 12.7 Å². The Balaban J connectivity index is 1.78. The van der Waals surface area contributed by atoms with Crippen molar-refractivity contribution >= 4 is 5.78 Å². The first-order chi connectivity index (χ1) is 14.3. The van der Waals surface area contributed by atoms with Gasteiger partial charge < -0.3 is 40.1 Å². The van der Waals surface area contributed by atoms with E-state index < -0.39 is 42.7 Å². The van der Waals surface area contributed by atoms with E-state index >= 15 is 0 Å². The van der Waals surface area contributed by atoms with E-state index in [9.17, 15) is 35.4 Å². The van der Waals surface area contributed by atoms with Crippen LogP contribution in [0.25, 0.3) is 0 Å². The minimum Gasteiger partial charge on any atom is -0.508 e. The summed E-state index contributed by atoms with van der Waals surface area (Å²) in [5.74, 6) is -1.31. The summed E-state index contributed by atoms with van der Waals surface area (Å²) in [6.45, 7) is -0.554. The number of carbonyl (C=O) groups excluding carboxylic acids is 1. The number of rotatable bonds is 7. The van der Waals surface area contributed by atoms with Crippen molar-refractivity contribution in [2.45, 2.75) is 43.9 Å². The van der Waals surface area contributed by atoms with Crippen molar-refractivity contribution in [1.29, 1.82) is 0 Å². The summed E-state index contributed by atoms with van der Waals surface area (Å²) < 4.78 is 11.0. The Morgan fingerprint density at radius 2 is 1.77 bits per heavy atom. The number of aryl methyl sites for hydroxylation is 1. The Morgan fingerprint density at radius 1 is 1.07 bits per heavy atom. The molecule has 0 aliphatic carbocycles. The molecule has 2 aromatic carbocycles. The summed E-state index contributed by atoms with van der Waals surface area (Å²) in [4.78, 5) is 12.8.